The van der Waals surface area contributed by atoms with E-state index in [1.807, 2.05) is 26.2 Å². The topological polar surface area (TPSA) is 69.6 Å². The van der Waals surface area contributed by atoms with Crippen LogP contribution in [0.4, 0.5) is 5.69 Å². The summed E-state index contributed by atoms with van der Waals surface area (Å²) in [7, 11) is 1.82. The number of pyridine rings is 1. The molecule has 0 aliphatic rings. The van der Waals surface area contributed by atoms with E-state index in [1.165, 1.54) is 0 Å². The molecule has 2 aromatic heterocycles. The van der Waals surface area contributed by atoms with Crippen LogP contribution < -0.4 is 5.73 Å². The van der Waals surface area contributed by atoms with Gasteiger partial charge in [0.25, 0.3) is 0 Å². The van der Waals surface area contributed by atoms with E-state index >= 15 is 0 Å². The maximum absolute atomic E-state index is 5.61. The molecule has 0 radical (unpaired) electrons. The molecule has 2 N–H and O–H groups in total. The van der Waals surface area contributed by atoms with Gasteiger partial charge in [-0.2, -0.15) is 0 Å². The van der Waals surface area contributed by atoms with Gasteiger partial charge in [-0.05, 0) is 18.6 Å². The molecule has 14 heavy (non-hydrogen) atoms. The first kappa shape index (κ1) is 8.68. The number of hydrogen-bond donors (Lipinski definition) is 1. The predicted octanol–water partition coefficient (Wildman–Crippen LogP) is 0.768. The predicted molar refractivity (Wildman–Crippen MR) is 53.4 cm³/mol. The summed E-state index contributed by atoms with van der Waals surface area (Å²) in [5, 5.41) is 7.84. The standard InChI is InChI=1S/C9H11N5/c1-6-3-7(10)4-11-9(6)8-5-14(2)13-12-8/h3-5H,10H2,1-2H3. The highest BCUT2D eigenvalue weighted by Gasteiger charge is 2.07. The minimum atomic E-state index is 0.662. The first-order valence-electron chi connectivity index (χ1n) is 4.25. The highest BCUT2D eigenvalue weighted by Crippen LogP contribution is 2.19. The van der Waals surface area contributed by atoms with Crippen molar-refractivity contribution in [3.8, 4) is 11.4 Å². The van der Waals surface area contributed by atoms with Gasteiger partial charge in [0.15, 0.2) is 0 Å². The summed E-state index contributed by atoms with van der Waals surface area (Å²) in [5.74, 6) is 0. The van der Waals surface area contributed by atoms with Crippen molar-refractivity contribution in [2.45, 2.75) is 6.92 Å². The molecular formula is C9H11N5. The smallest absolute Gasteiger partial charge is 0.131 e. The van der Waals surface area contributed by atoms with Crippen LogP contribution in [0.3, 0.4) is 0 Å². The van der Waals surface area contributed by atoms with Crippen LogP contribution >= 0.6 is 0 Å². The summed E-state index contributed by atoms with van der Waals surface area (Å²) in [6.07, 6.45) is 3.45. The van der Waals surface area contributed by atoms with Crippen molar-refractivity contribution in [2.75, 3.05) is 5.73 Å². The Morgan fingerprint density at radius 1 is 1.43 bits per heavy atom. The van der Waals surface area contributed by atoms with Crippen LogP contribution in [0.1, 0.15) is 5.56 Å². The molecule has 0 aliphatic heterocycles. The van der Waals surface area contributed by atoms with Crippen molar-refractivity contribution in [3.05, 3.63) is 24.0 Å². The Balaban J connectivity index is 2.52. The number of nitrogen functional groups attached to an aromatic ring is 1. The summed E-state index contributed by atoms with van der Waals surface area (Å²) in [6, 6.07) is 1.87. The molecule has 0 bridgehead atoms. The molecule has 5 nitrogen and oxygen atoms in total. The third-order valence-electron chi connectivity index (χ3n) is 1.94. The lowest BCUT2D eigenvalue weighted by atomic mass is 10.1. The normalized spacial score (nSPS) is 10.4. The van der Waals surface area contributed by atoms with E-state index in [0.29, 0.717) is 5.69 Å². The van der Waals surface area contributed by atoms with E-state index in [-0.39, 0.29) is 0 Å². The van der Waals surface area contributed by atoms with Crippen molar-refractivity contribution in [1.82, 2.24) is 20.0 Å². The number of nitrogens with zero attached hydrogens (tertiary/aromatic N) is 4. The summed E-state index contributed by atoms with van der Waals surface area (Å²) < 4.78 is 1.65. The van der Waals surface area contributed by atoms with E-state index in [9.17, 15) is 0 Å². The molecule has 0 amide bonds. The summed E-state index contributed by atoms with van der Waals surface area (Å²) in [4.78, 5) is 4.22. The highest BCUT2D eigenvalue weighted by molar-refractivity contribution is 5.59. The summed E-state index contributed by atoms with van der Waals surface area (Å²) in [6.45, 7) is 1.95. The molecule has 0 unspecified atom stereocenters. The van der Waals surface area contributed by atoms with Crippen molar-refractivity contribution in [2.24, 2.45) is 7.05 Å². The zero-order valence-corrected chi connectivity index (χ0v) is 8.10. The second-order valence-electron chi connectivity index (χ2n) is 3.21. The molecule has 0 atom stereocenters. The lowest BCUT2D eigenvalue weighted by Gasteiger charge is -2.00. The fourth-order valence-corrected chi connectivity index (χ4v) is 1.32. The van der Waals surface area contributed by atoms with E-state index in [4.69, 9.17) is 5.73 Å². The van der Waals surface area contributed by atoms with Gasteiger partial charge >= 0.3 is 0 Å². The molecule has 72 valence electrons. The van der Waals surface area contributed by atoms with Gasteiger partial charge in [-0.1, -0.05) is 5.21 Å². The average Bonchev–Trinajstić information content (AvgIpc) is 2.51. The van der Waals surface area contributed by atoms with E-state index in [2.05, 4.69) is 15.3 Å². The van der Waals surface area contributed by atoms with Crippen molar-refractivity contribution in [1.29, 1.82) is 0 Å². The van der Waals surface area contributed by atoms with Crippen LogP contribution in [-0.4, -0.2) is 20.0 Å². The Labute approximate surface area is 81.6 Å². The lowest BCUT2D eigenvalue weighted by molar-refractivity contribution is 0.715. The summed E-state index contributed by atoms with van der Waals surface area (Å²) in [5.41, 5.74) is 8.87. The maximum Gasteiger partial charge on any atom is 0.131 e. The third-order valence-corrected chi connectivity index (χ3v) is 1.94. The second kappa shape index (κ2) is 3.10. The number of aromatic nitrogens is 4. The molecule has 0 saturated heterocycles. The largest absolute Gasteiger partial charge is 0.397 e. The van der Waals surface area contributed by atoms with Gasteiger partial charge in [-0.15, -0.1) is 5.10 Å². The van der Waals surface area contributed by atoms with Gasteiger partial charge in [0.1, 0.15) is 5.69 Å². The molecular weight excluding hydrogens is 178 g/mol. The number of aryl methyl sites for hydroxylation is 2. The second-order valence-corrected chi connectivity index (χ2v) is 3.21. The molecule has 0 fully saturated rings. The minimum Gasteiger partial charge on any atom is -0.397 e. The van der Waals surface area contributed by atoms with Crippen LogP contribution in [0.2, 0.25) is 0 Å². The number of nitrogens with two attached hydrogens (primary N) is 1. The van der Waals surface area contributed by atoms with Gasteiger partial charge in [0.05, 0.1) is 23.8 Å². The molecule has 2 rings (SSSR count). The number of hydrogen-bond acceptors (Lipinski definition) is 4. The van der Waals surface area contributed by atoms with Crippen LogP contribution in [-0.2, 0) is 7.05 Å². The molecule has 2 aromatic rings. The fourth-order valence-electron chi connectivity index (χ4n) is 1.32. The lowest BCUT2D eigenvalue weighted by Crippen LogP contribution is -1.92. The SMILES string of the molecule is Cc1cc(N)cnc1-c1cn(C)nn1. The highest BCUT2D eigenvalue weighted by atomic mass is 15.4. The molecule has 0 saturated carbocycles. The van der Waals surface area contributed by atoms with Crippen LogP contribution in [0.25, 0.3) is 11.4 Å². The molecule has 5 heteroatoms. The molecule has 2 heterocycles. The molecule has 0 aromatic carbocycles. The molecule has 0 spiro atoms. The van der Waals surface area contributed by atoms with Crippen molar-refractivity contribution in [3.63, 3.8) is 0 Å². The maximum atomic E-state index is 5.61. The van der Waals surface area contributed by atoms with Gasteiger partial charge in [-0.25, -0.2) is 0 Å². The van der Waals surface area contributed by atoms with Crippen LogP contribution in [0.15, 0.2) is 18.5 Å². The van der Waals surface area contributed by atoms with Gasteiger partial charge in [0.2, 0.25) is 0 Å². The monoisotopic (exact) mass is 189 g/mol. The Morgan fingerprint density at radius 2 is 2.21 bits per heavy atom. The fraction of sp³-hybridized carbons (Fsp3) is 0.222. The quantitative estimate of drug-likeness (QED) is 0.719. The van der Waals surface area contributed by atoms with Gasteiger partial charge in [-0.3, -0.25) is 9.67 Å². The van der Waals surface area contributed by atoms with E-state index < -0.39 is 0 Å². The number of anilines is 1. The summed E-state index contributed by atoms with van der Waals surface area (Å²) >= 11 is 0. The zero-order valence-electron chi connectivity index (χ0n) is 8.10. The minimum absolute atomic E-state index is 0.662. The van der Waals surface area contributed by atoms with E-state index in [1.54, 1.807) is 10.9 Å². The number of rotatable bonds is 1. The molecule has 0 aliphatic carbocycles. The first-order chi connectivity index (χ1) is 6.66. The van der Waals surface area contributed by atoms with Gasteiger partial charge < -0.3 is 5.73 Å². The third kappa shape index (κ3) is 1.44. The Bertz CT molecular complexity index is 460. The Hall–Kier alpha value is -1.91. The Kier molecular flexibility index (Phi) is 1.92. The van der Waals surface area contributed by atoms with Gasteiger partial charge in [0, 0.05) is 7.05 Å². The average molecular weight is 189 g/mol. The Morgan fingerprint density at radius 3 is 2.79 bits per heavy atom. The van der Waals surface area contributed by atoms with E-state index in [0.717, 1.165) is 17.0 Å². The zero-order chi connectivity index (χ0) is 10.1. The van der Waals surface area contributed by atoms with Crippen molar-refractivity contribution >= 4 is 5.69 Å². The van der Waals surface area contributed by atoms with Crippen molar-refractivity contribution < 1.29 is 0 Å². The van der Waals surface area contributed by atoms with Crippen LogP contribution in [0, 0.1) is 6.92 Å². The first-order valence-corrected chi connectivity index (χ1v) is 4.25. The van der Waals surface area contributed by atoms with Crippen LogP contribution in [0.5, 0.6) is 0 Å².